The minimum Gasteiger partial charge on any atom is -0.345 e. The molecule has 0 unspecified atom stereocenters. The number of urea groups is 1. The van der Waals surface area contributed by atoms with Crippen molar-refractivity contribution in [1.29, 1.82) is 0 Å². The van der Waals surface area contributed by atoms with Gasteiger partial charge in [0, 0.05) is 60.6 Å². The number of carbonyl (C=O) groups excluding carboxylic acids is 1. The number of nitrogens with one attached hydrogen (secondary N) is 2. The zero-order valence-corrected chi connectivity index (χ0v) is 19.0. The number of fused-ring (bicyclic) bond motifs is 3. The van der Waals surface area contributed by atoms with Crippen molar-refractivity contribution in [1.82, 2.24) is 30.0 Å². The van der Waals surface area contributed by atoms with Gasteiger partial charge in [0.2, 0.25) is 0 Å². The van der Waals surface area contributed by atoms with E-state index >= 15 is 0 Å². The molecule has 7 nitrogen and oxygen atoms in total. The van der Waals surface area contributed by atoms with Gasteiger partial charge in [-0.25, -0.2) is 9.78 Å². The molecule has 0 radical (unpaired) electrons. The molecular formula is C25H25ClN6O. The maximum absolute atomic E-state index is 12.7. The minimum atomic E-state index is 0.0173. The number of hydrogen-bond acceptors (Lipinski definition) is 3. The fourth-order valence-electron chi connectivity index (χ4n) is 5.24. The normalized spacial score (nSPS) is 16.9. The van der Waals surface area contributed by atoms with Gasteiger partial charge < -0.3 is 15.2 Å². The summed E-state index contributed by atoms with van der Waals surface area (Å²) >= 11 is 6.29. The number of amides is 2. The Bertz CT molecular complexity index is 1320. The number of aromatic amines is 1. The van der Waals surface area contributed by atoms with E-state index in [1.807, 2.05) is 47.5 Å². The van der Waals surface area contributed by atoms with Gasteiger partial charge in [-0.15, -0.1) is 0 Å². The molecule has 5 heterocycles. The number of nitrogens with zero attached hydrogens (tertiary/aromatic N) is 4. The van der Waals surface area contributed by atoms with Crippen molar-refractivity contribution in [2.24, 2.45) is 0 Å². The van der Waals surface area contributed by atoms with Gasteiger partial charge in [-0.1, -0.05) is 41.9 Å². The SMILES string of the molecule is O=C(NCc1ccccc1)N1CCC2(CC1)CCn1nc(-c3cnc4[nH]cc(Cl)c4c3)cc12. The number of pyridine rings is 1. The summed E-state index contributed by atoms with van der Waals surface area (Å²) in [6.07, 6.45) is 6.60. The predicted molar refractivity (Wildman–Crippen MR) is 128 cm³/mol. The molecule has 2 amide bonds. The van der Waals surface area contributed by atoms with E-state index < -0.39 is 0 Å². The second kappa shape index (κ2) is 7.92. The Balaban J connectivity index is 1.16. The van der Waals surface area contributed by atoms with Gasteiger partial charge in [0.1, 0.15) is 5.65 Å². The second-order valence-electron chi connectivity index (χ2n) is 9.06. The zero-order valence-electron chi connectivity index (χ0n) is 18.2. The van der Waals surface area contributed by atoms with Crippen LogP contribution in [0.4, 0.5) is 4.79 Å². The van der Waals surface area contributed by atoms with Crippen molar-refractivity contribution in [2.75, 3.05) is 13.1 Å². The molecule has 6 rings (SSSR count). The number of likely N-dealkylation sites (tertiary alicyclic amines) is 1. The van der Waals surface area contributed by atoms with Crippen LogP contribution in [0.2, 0.25) is 5.02 Å². The van der Waals surface area contributed by atoms with Gasteiger partial charge >= 0.3 is 6.03 Å². The Kier molecular flexibility index (Phi) is 4.87. The first-order valence-corrected chi connectivity index (χ1v) is 11.8. The molecule has 0 aliphatic carbocycles. The van der Waals surface area contributed by atoms with E-state index in [9.17, 15) is 4.79 Å². The highest BCUT2D eigenvalue weighted by atomic mass is 35.5. The molecule has 168 valence electrons. The van der Waals surface area contributed by atoms with Crippen LogP contribution >= 0.6 is 11.6 Å². The highest BCUT2D eigenvalue weighted by molar-refractivity contribution is 6.35. The Morgan fingerprint density at radius 3 is 2.73 bits per heavy atom. The molecule has 0 saturated carbocycles. The summed E-state index contributed by atoms with van der Waals surface area (Å²) in [5.41, 5.74) is 5.16. The van der Waals surface area contributed by atoms with Gasteiger partial charge in [0.15, 0.2) is 0 Å². The summed E-state index contributed by atoms with van der Waals surface area (Å²) < 4.78 is 2.14. The molecule has 4 aromatic rings. The number of aryl methyl sites for hydroxylation is 1. The highest BCUT2D eigenvalue weighted by Gasteiger charge is 2.43. The smallest absolute Gasteiger partial charge is 0.317 e. The zero-order chi connectivity index (χ0) is 22.4. The number of aromatic nitrogens is 4. The Morgan fingerprint density at radius 1 is 1.12 bits per heavy atom. The van der Waals surface area contributed by atoms with Crippen LogP contribution in [-0.2, 0) is 18.5 Å². The number of benzene rings is 1. The third kappa shape index (κ3) is 3.56. The van der Waals surface area contributed by atoms with E-state index in [2.05, 4.69) is 26.0 Å². The maximum Gasteiger partial charge on any atom is 0.317 e. The lowest BCUT2D eigenvalue weighted by atomic mass is 9.75. The second-order valence-corrected chi connectivity index (χ2v) is 9.46. The number of H-pyrrole nitrogens is 1. The molecular weight excluding hydrogens is 436 g/mol. The van der Waals surface area contributed by atoms with E-state index in [1.165, 1.54) is 5.69 Å². The Morgan fingerprint density at radius 2 is 1.91 bits per heavy atom. The highest BCUT2D eigenvalue weighted by Crippen LogP contribution is 2.44. The predicted octanol–water partition coefficient (Wildman–Crippen LogP) is 4.73. The van der Waals surface area contributed by atoms with Gasteiger partial charge in [0.25, 0.3) is 0 Å². The Labute approximate surface area is 196 Å². The first-order chi connectivity index (χ1) is 16.1. The number of piperidine rings is 1. The van der Waals surface area contributed by atoms with Crippen LogP contribution < -0.4 is 5.32 Å². The third-order valence-corrected chi connectivity index (χ3v) is 7.51. The fraction of sp³-hybridized carbons (Fsp3) is 0.320. The number of carbonyl (C=O) groups is 1. The summed E-state index contributed by atoms with van der Waals surface area (Å²) in [7, 11) is 0. The van der Waals surface area contributed by atoms with E-state index in [1.54, 1.807) is 6.20 Å². The third-order valence-electron chi connectivity index (χ3n) is 7.20. The molecule has 33 heavy (non-hydrogen) atoms. The lowest BCUT2D eigenvalue weighted by molar-refractivity contribution is 0.157. The average molecular weight is 461 g/mol. The van der Waals surface area contributed by atoms with Crippen LogP contribution in [0, 0.1) is 0 Å². The van der Waals surface area contributed by atoms with Crippen LogP contribution in [0.25, 0.3) is 22.3 Å². The monoisotopic (exact) mass is 460 g/mol. The van der Waals surface area contributed by atoms with E-state index in [-0.39, 0.29) is 11.4 Å². The number of rotatable bonds is 3. The van der Waals surface area contributed by atoms with Crippen LogP contribution in [0.3, 0.4) is 0 Å². The minimum absolute atomic E-state index is 0.0173. The molecule has 1 aromatic carbocycles. The van der Waals surface area contributed by atoms with Crippen molar-refractivity contribution in [2.45, 2.75) is 37.8 Å². The van der Waals surface area contributed by atoms with E-state index in [0.29, 0.717) is 11.6 Å². The van der Waals surface area contributed by atoms with Crippen LogP contribution in [0.1, 0.15) is 30.5 Å². The molecule has 0 atom stereocenters. The number of hydrogen-bond donors (Lipinski definition) is 2. The molecule has 0 bridgehead atoms. The van der Waals surface area contributed by atoms with Gasteiger partial charge in [0.05, 0.1) is 10.7 Å². The summed E-state index contributed by atoms with van der Waals surface area (Å²) in [5, 5.41) is 9.51. The fourth-order valence-corrected chi connectivity index (χ4v) is 5.44. The molecule has 1 fully saturated rings. The largest absolute Gasteiger partial charge is 0.345 e. The quantitative estimate of drug-likeness (QED) is 0.464. The average Bonchev–Trinajstić information content (AvgIpc) is 3.54. The lowest BCUT2D eigenvalue weighted by Crippen LogP contribution is -2.48. The lowest BCUT2D eigenvalue weighted by Gasteiger charge is -2.38. The van der Waals surface area contributed by atoms with Crippen LogP contribution in [-0.4, -0.2) is 43.8 Å². The van der Waals surface area contributed by atoms with Gasteiger partial charge in [-0.2, -0.15) is 5.10 Å². The molecule has 8 heteroatoms. The molecule has 1 saturated heterocycles. The van der Waals surface area contributed by atoms with E-state index in [0.717, 1.165) is 66.8 Å². The van der Waals surface area contributed by atoms with Gasteiger partial charge in [-0.3, -0.25) is 4.68 Å². The van der Waals surface area contributed by atoms with Crippen molar-refractivity contribution < 1.29 is 4.79 Å². The molecule has 2 N–H and O–H groups in total. The molecule has 2 aliphatic heterocycles. The number of halogens is 1. The van der Waals surface area contributed by atoms with Gasteiger partial charge in [-0.05, 0) is 37.0 Å². The maximum atomic E-state index is 12.7. The molecule has 2 aliphatic rings. The summed E-state index contributed by atoms with van der Waals surface area (Å²) in [4.78, 5) is 22.2. The van der Waals surface area contributed by atoms with E-state index in [4.69, 9.17) is 16.7 Å². The summed E-state index contributed by atoms with van der Waals surface area (Å²) in [5.74, 6) is 0. The molecule has 1 spiro atoms. The summed E-state index contributed by atoms with van der Waals surface area (Å²) in [6.45, 7) is 2.98. The molecule has 3 aromatic heterocycles. The van der Waals surface area contributed by atoms with Crippen LogP contribution in [0.15, 0.2) is 54.9 Å². The van der Waals surface area contributed by atoms with Crippen molar-refractivity contribution in [3.8, 4) is 11.3 Å². The Hall–Kier alpha value is -3.32. The van der Waals surface area contributed by atoms with Crippen LogP contribution in [0.5, 0.6) is 0 Å². The first-order valence-electron chi connectivity index (χ1n) is 11.4. The van der Waals surface area contributed by atoms with Crippen molar-refractivity contribution in [3.05, 3.63) is 71.1 Å². The topological polar surface area (TPSA) is 78.8 Å². The summed E-state index contributed by atoms with van der Waals surface area (Å²) in [6, 6.07) is 14.3. The standard InChI is InChI=1S/C25H25ClN6O/c26-20-16-28-23-19(20)12-18(15-27-23)21-13-22-25(8-11-32(22)30-21)6-9-31(10-7-25)24(33)29-14-17-4-2-1-3-5-17/h1-5,12-13,15-16H,6-11,14H2,(H,27,28)(H,29,33). The van der Waals surface area contributed by atoms with Crippen molar-refractivity contribution in [3.63, 3.8) is 0 Å². The van der Waals surface area contributed by atoms with Crippen molar-refractivity contribution >= 4 is 28.7 Å². The first kappa shape index (κ1) is 20.3.